The zero-order valence-electron chi connectivity index (χ0n) is 14.6. The molecule has 0 fully saturated rings. The van der Waals surface area contributed by atoms with Gasteiger partial charge in [0.2, 0.25) is 0 Å². The van der Waals surface area contributed by atoms with E-state index in [2.05, 4.69) is 48.9 Å². The van der Waals surface area contributed by atoms with Crippen molar-refractivity contribution in [3.05, 3.63) is 22.4 Å². The van der Waals surface area contributed by atoms with Crippen LogP contribution in [-0.4, -0.2) is 24.8 Å². The summed E-state index contributed by atoms with van der Waals surface area (Å²) in [5.41, 5.74) is -0.455. The third-order valence-electron chi connectivity index (χ3n) is 3.51. The van der Waals surface area contributed by atoms with Crippen molar-refractivity contribution in [3.8, 4) is 0 Å². The van der Waals surface area contributed by atoms with Crippen LogP contribution in [0.2, 0.25) is 0 Å². The molecule has 0 aliphatic heterocycles. The quantitative estimate of drug-likeness (QED) is 0.789. The molecule has 2 atom stereocenters. The van der Waals surface area contributed by atoms with Crippen LogP contribution in [0.3, 0.4) is 0 Å². The minimum absolute atomic E-state index is 0.336. The lowest BCUT2D eigenvalue weighted by Gasteiger charge is -2.25. The molecular formula is C17H30N2O2S. The average molecular weight is 327 g/mol. The SMILES string of the molecule is CC(C)C(CNC(=O)OC(C)(C)C)CN[C@H](C)c1cccs1. The molecule has 0 aromatic carbocycles. The maximum Gasteiger partial charge on any atom is 0.407 e. The van der Waals surface area contributed by atoms with Crippen LogP contribution in [0.5, 0.6) is 0 Å². The maximum absolute atomic E-state index is 11.8. The summed E-state index contributed by atoms with van der Waals surface area (Å²) in [4.78, 5) is 13.1. The third kappa shape index (κ3) is 7.27. The minimum atomic E-state index is -0.455. The molecule has 1 aromatic heterocycles. The van der Waals surface area contributed by atoms with Gasteiger partial charge in [0.15, 0.2) is 0 Å². The van der Waals surface area contributed by atoms with Gasteiger partial charge in [-0.2, -0.15) is 0 Å². The lowest BCUT2D eigenvalue weighted by Crippen LogP contribution is -2.40. The highest BCUT2D eigenvalue weighted by Crippen LogP contribution is 2.19. The number of ether oxygens (including phenoxy) is 1. The Morgan fingerprint density at radius 1 is 1.27 bits per heavy atom. The molecule has 126 valence electrons. The van der Waals surface area contributed by atoms with Gasteiger partial charge in [-0.15, -0.1) is 11.3 Å². The Balaban J connectivity index is 2.40. The minimum Gasteiger partial charge on any atom is -0.444 e. The van der Waals surface area contributed by atoms with E-state index in [0.717, 1.165) is 6.54 Å². The molecule has 4 nitrogen and oxygen atoms in total. The lowest BCUT2D eigenvalue weighted by molar-refractivity contribution is 0.0514. The summed E-state index contributed by atoms with van der Waals surface area (Å²) in [6.07, 6.45) is -0.343. The van der Waals surface area contributed by atoms with Crippen LogP contribution in [0.4, 0.5) is 4.79 Å². The zero-order chi connectivity index (χ0) is 16.8. The molecule has 0 spiro atoms. The number of rotatable bonds is 7. The second-order valence-corrected chi connectivity index (χ2v) is 8.01. The van der Waals surface area contributed by atoms with Gasteiger partial charge in [0.1, 0.15) is 5.60 Å². The Kier molecular flexibility index (Phi) is 7.36. The average Bonchev–Trinajstić information content (AvgIpc) is 2.89. The molecule has 0 bridgehead atoms. The first-order valence-electron chi connectivity index (χ1n) is 7.92. The second kappa shape index (κ2) is 8.53. The van der Waals surface area contributed by atoms with Gasteiger partial charge in [-0.1, -0.05) is 19.9 Å². The van der Waals surface area contributed by atoms with Crippen LogP contribution in [0, 0.1) is 11.8 Å². The Hall–Kier alpha value is -1.07. The van der Waals surface area contributed by atoms with E-state index >= 15 is 0 Å². The first-order chi connectivity index (χ1) is 10.2. The van der Waals surface area contributed by atoms with E-state index < -0.39 is 5.60 Å². The zero-order valence-corrected chi connectivity index (χ0v) is 15.4. The van der Waals surface area contributed by atoms with Gasteiger partial charge >= 0.3 is 6.09 Å². The summed E-state index contributed by atoms with van der Waals surface area (Å²) in [5.74, 6) is 0.855. The number of carbonyl (C=O) groups excluding carboxylic acids is 1. The maximum atomic E-state index is 11.8. The fraction of sp³-hybridized carbons (Fsp3) is 0.706. The summed E-state index contributed by atoms with van der Waals surface area (Å²) in [5, 5.41) is 8.53. The molecule has 1 aromatic rings. The van der Waals surface area contributed by atoms with Gasteiger partial charge < -0.3 is 15.4 Å². The highest BCUT2D eigenvalue weighted by Gasteiger charge is 2.19. The summed E-state index contributed by atoms with van der Waals surface area (Å²) >= 11 is 1.76. The fourth-order valence-electron chi connectivity index (χ4n) is 2.04. The summed E-state index contributed by atoms with van der Waals surface area (Å²) in [6.45, 7) is 13.6. The van der Waals surface area contributed by atoms with Crippen molar-refractivity contribution in [2.45, 2.75) is 53.2 Å². The Bertz CT molecular complexity index is 438. The highest BCUT2D eigenvalue weighted by molar-refractivity contribution is 7.10. The number of thiophene rings is 1. The van der Waals surface area contributed by atoms with Crippen molar-refractivity contribution in [3.63, 3.8) is 0 Å². The number of amides is 1. The monoisotopic (exact) mass is 326 g/mol. The first-order valence-corrected chi connectivity index (χ1v) is 8.80. The predicted octanol–water partition coefficient (Wildman–Crippen LogP) is 4.20. The van der Waals surface area contributed by atoms with Crippen molar-refractivity contribution in [1.29, 1.82) is 0 Å². The largest absolute Gasteiger partial charge is 0.444 e. The van der Waals surface area contributed by atoms with Gasteiger partial charge in [-0.05, 0) is 51.0 Å². The molecule has 0 saturated heterocycles. The molecule has 22 heavy (non-hydrogen) atoms. The van der Waals surface area contributed by atoms with E-state index in [1.54, 1.807) is 11.3 Å². The summed E-state index contributed by atoms with van der Waals surface area (Å²) < 4.78 is 5.28. The van der Waals surface area contributed by atoms with Gasteiger partial charge in [0.05, 0.1) is 0 Å². The molecule has 0 aliphatic carbocycles. The van der Waals surface area contributed by atoms with Gasteiger partial charge in [0, 0.05) is 24.0 Å². The van der Waals surface area contributed by atoms with Crippen LogP contribution < -0.4 is 10.6 Å². The molecule has 2 N–H and O–H groups in total. The Labute approximate surface area is 138 Å². The van der Waals surface area contributed by atoms with E-state index in [1.165, 1.54) is 4.88 Å². The molecular weight excluding hydrogens is 296 g/mol. The van der Waals surface area contributed by atoms with E-state index in [4.69, 9.17) is 4.74 Å². The Morgan fingerprint density at radius 2 is 1.95 bits per heavy atom. The molecule has 1 amide bonds. The molecule has 1 heterocycles. The third-order valence-corrected chi connectivity index (χ3v) is 4.56. The number of nitrogens with one attached hydrogen (secondary N) is 2. The first kappa shape index (κ1) is 19.0. The van der Waals surface area contributed by atoms with Crippen LogP contribution in [-0.2, 0) is 4.74 Å². The highest BCUT2D eigenvalue weighted by atomic mass is 32.1. The molecule has 5 heteroatoms. The molecule has 0 saturated carbocycles. The van der Waals surface area contributed by atoms with Crippen molar-refractivity contribution < 1.29 is 9.53 Å². The molecule has 0 radical (unpaired) electrons. The number of hydrogen-bond donors (Lipinski definition) is 2. The van der Waals surface area contributed by atoms with E-state index in [-0.39, 0.29) is 6.09 Å². The van der Waals surface area contributed by atoms with Gasteiger partial charge in [-0.25, -0.2) is 4.79 Å². The Morgan fingerprint density at radius 3 is 2.45 bits per heavy atom. The predicted molar refractivity (Wildman–Crippen MR) is 93.3 cm³/mol. The van der Waals surface area contributed by atoms with Crippen LogP contribution >= 0.6 is 11.3 Å². The number of hydrogen-bond acceptors (Lipinski definition) is 4. The van der Waals surface area contributed by atoms with Gasteiger partial charge in [0.25, 0.3) is 0 Å². The molecule has 0 aliphatic rings. The smallest absolute Gasteiger partial charge is 0.407 e. The summed E-state index contributed by atoms with van der Waals surface area (Å²) in [7, 11) is 0. The molecule has 1 rings (SSSR count). The van der Waals surface area contributed by atoms with E-state index in [1.807, 2.05) is 20.8 Å². The molecule has 1 unspecified atom stereocenters. The van der Waals surface area contributed by atoms with E-state index in [9.17, 15) is 4.79 Å². The van der Waals surface area contributed by atoms with Crippen molar-refractivity contribution in [2.24, 2.45) is 11.8 Å². The lowest BCUT2D eigenvalue weighted by atomic mass is 9.95. The second-order valence-electron chi connectivity index (χ2n) is 7.03. The summed E-state index contributed by atoms with van der Waals surface area (Å²) in [6, 6.07) is 4.55. The topological polar surface area (TPSA) is 50.4 Å². The van der Waals surface area contributed by atoms with E-state index in [0.29, 0.717) is 24.4 Å². The van der Waals surface area contributed by atoms with Crippen LogP contribution in [0.15, 0.2) is 17.5 Å². The van der Waals surface area contributed by atoms with Crippen molar-refractivity contribution in [2.75, 3.05) is 13.1 Å². The van der Waals surface area contributed by atoms with Crippen molar-refractivity contribution in [1.82, 2.24) is 10.6 Å². The number of carbonyl (C=O) groups is 1. The normalized spacial score (nSPS) is 14.7. The van der Waals surface area contributed by atoms with Crippen LogP contribution in [0.1, 0.15) is 52.5 Å². The fourth-order valence-corrected chi connectivity index (χ4v) is 2.80. The van der Waals surface area contributed by atoms with Crippen molar-refractivity contribution >= 4 is 17.4 Å². The van der Waals surface area contributed by atoms with Gasteiger partial charge in [-0.3, -0.25) is 0 Å². The number of alkyl carbamates (subject to hydrolysis) is 1. The van der Waals surface area contributed by atoms with Crippen LogP contribution in [0.25, 0.3) is 0 Å². The standard InChI is InChI=1S/C17H30N2O2S/c1-12(2)14(11-19-16(20)21-17(4,5)6)10-18-13(3)15-8-7-9-22-15/h7-9,12-14,18H,10-11H2,1-6H3,(H,19,20)/t13-,14?/m1/s1.